The van der Waals surface area contributed by atoms with Crippen molar-refractivity contribution < 1.29 is 9.32 Å². The number of hydrogen-bond donors (Lipinski definition) is 0. The van der Waals surface area contributed by atoms with Crippen LogP contribution in [0.2, 0.25) is 0 Å². The van der Waals surface area contributed by atoms with Crippen molar-refractivity contribution in [3.05, 3.63) is 64.4 Å². The Hall–Kier alpha value is -3.30. The van der Waals surface area contributed by atoms with Crippen LogP contribution < -0.4 is 0 Å². The maximum Gasteiger partial charge on any atom is 0.274 e. The monoisotopic (exact) mass is 488 g/mol. The molecule has 0 radical (unpaired) electrons. The van der Waals surface area contributed by atoms with Crippen LogP contribution in [0.15, 0.2) is 51.7 Å². The van der Waals surface area contributed by atoms with E-state index in [1.807, 2.05) is 39.9 Å². The van der Waals surface area contributed by atoms with Crippen LogP contribution in [0.3, 0.4) is 0 Å². The summed E-state index contributed by atoms with van der Waals surface area (Å²) < 4.78 is 7.75. The number of benzene rings is 1. The number of thiophene rings is 1. The number of amides is 1. The number of hydrogen-bond acceptors (Lipinski definition) is 7. The van der Waals surface area contributed by atoms with Crippen molar-refractivity contribution in [3.63, 3.8) is 0 Å². The van der Waals surface area contributed by atoms with E-state index in [2.05, 4.69) is 31.7 Å². The molecular formula is C26H28N6O2S. The van der Waals surface area contributed by atoms with Crippen molar-refractivity contribution in [2.45, 2.75) is 38.8 Å². The van der Waals surface area contributed by atoms with Gasteiger partial charge in [-0.2, -0.15) is 16.3 Å². The molecule has 1 amide bonds. The highest BCUT2D eigenvalue weighted by molar-refractivity contribution is 7.08. The van der Waals surface area contributed by atoms with E-state index in [1.165, 1.54) is 6.42 Å². The Morgan fingerprint density at radius 2 is 1.80 bits per heavy atom. The molecule has 0 unspecified atom stereocenters. The summed E-state index contributed by atoms with van der Waals surface area (Å²) in [5.41, 5.74) is 3.78. The van der Waals surface area contributed by atoms with Gasteiger partial charge in [0.05, 0.1) is 12.2 Å². The highest BCUT2D eigenvalue weighted by Gasteiger charge is 2.30. The van der Waals surface area contributed by atoms with E-state index in [9.17, 15) is 4.79 Å². The molecule has 2 aliphatic rings. The molecular weight excluding hydrogens is 460 g/mol. The molecule has 3 aromatic heterocycles. The van der Waals surface area contributed by atoms with Crippen LogP contribution in [-0.4, -0.2) is 61.6 Å². The molecule has 9 heteroatoms. The number of fused-ring (bicyclic) bond motifs is 1. The quantitative estimate of drug-likeness (QED) is 0.416. The Bertz CT molecular complexity index is 1290. The standard InChI is InChI=1S/C26H28N6O2S/c33-26(23-21-9-5-2-6-11-32(21)25(28-23)19-7-3-1-4-8-19)31-14-12-30(13-15-31)17-22-27-24(29-34-22)20-10-16-35-18-20/h1,3-4,7-8,10,16,18H,2,5-6,9,11-15,17H2. The van der Waals surface area contributed by atoms with Gasteiger partial charge in [0.25, 0.3) is 5.91 Å². The summed E-state index contributed by atoms with van der Waals surface area (Å²) in [5.74, 6) is 2.21. The van der Waals surface area contributed by atoms with Crippen LogP contribution in [0, 0.1) is 0 Å². The van der Waals surface area contributed by atoms with E-state index in [0.29, 0.717) is 37.0 Å². The van der Waals surface area contributed by atoms with Crippen LogP contribution in [-0.2, 0) is 19.5 Å². The summed E-state index contributed by atoms with van der Waals surface area (Å²) in [4.78, 5) is 27.3. The smallest absolute Gasteiger partial charge is 0.274 e. The second-order valence-corrected chi connectivity index (χ2v) is 9.93. The largest absolute Gasteiger partial charge is 0.338 e. The summed E-state index contributed by atoms with van der Waals surface area (Å²) in [6.07, 6.45) is 4.32. The molecule has 5 heterocycles. The van der Waals surface area contributed by atoms with Crippen LogP contribution in [0.4, 0.5) is 0 Å². The third kappa shape index (κ3) is 4.53. The second-order valence-electron chi connectivity index (χ2n) is 9.15. The lowest BCUT2D eigenvalue weighted by molar-refractivity contribution is 0.0608. The average Bonchev–Trinajstić information content (AvgIpc) is 3.62. The number of carbonyl (C=O) groups excluding carboxylic acids is 1. The normalized spacial score (nSPS) is 16.7. The Morgan fingerprint density at radius 3 is 2.60 bits per heavy atom. The lowest BCUT2D eigenvalue weighted by Gasteiger charge is -2.33. The van der Waals surface area contributed by atoms with Gasteiger partial charge in [-0.15, -0.1) is 0 Å². The van der Waals surface area contributed by atoms with Gasteiger partial charge >= 0.3 is 0 Å². The van der Waals surface area contributed by atoms with Gasteiger partial charge in [-0.3, -0.25) is 9.69 Å². The van der Waals surface area contributed by atoms with E-state index < -0.39 is 0 Å². The molecule has 0 bridgehead atoms. The third-order valence-corrected chi connectivity index (χ3v) is 7.55. The van der Waals surface area contributed by atoms with Crippen molar-refractivity contribution in [1.82, 2.24) is 29.5 Å². The van der Waals surface area contributed by atoms with Crippen molar-refractivity contribution in [1.29, 1.82) is 0 Å². The molecule has 0 atom stereocenters. The van der Waals surface area contributed by atoms with E-state index in [0.717, 1.165) is 61.5 Å². The summed E-state index contributed by atoms with van der Waals surface area (Å²) in [7, 11) is 0. The van der Waals surface area contributed by atoms with E-state index in [1.54, 1.807) is 11.3 Å². The van der Waals surface area contributed by atoms with E-state index >= 15 is 0 Å². The molecule has 8 nitrogen and oxygen atoms in total. The zero-order valence-corrected chi connectivity index (χ0v) is 20.4. The van der Waals surface area contributed by atoms with Crippen LogP contribution >= 0.6 is 11.3 Å². The van der Waals surface area contributed by atoms with E-state index in [4.69, 9.17) is 9.51 Å². The zero-order chi connectivity index (χ0) is 23.6. The fourth-order valence-corrected chi connectivity index (χ4v) is 5.61. The maximum atomic E-state index is 13.6. The first-order chi connectivity index (χ1) is 17.3. The molecule has 0 spiro atoms. The molecule has 180 valence electrons. The van der Waals surface area contributed by atoms with E-state index in [-0.39, 0.29) is 5.91 Å². The molecule has 6 rings (SSSR count). The van der Waals surface area contributed by atoms with Crippen molar-refractivity contribution in [3.8, 4) is 22.8 Å². The Labute approximate surface area is 208 Å². The van der Waals surface area contributed by atoms with Gasteiger partial charge in [0.15, 0.2) is 0 Å². The van der Waals surface area contributed by atoms with Crippen molar-refractivity contribution in [2.75, 3.05) is 26.2 Å². The zero-order valence-electron chi connectivity index (χ0n) is 19.6. The molecule has 0 saturated carbocycles. The number of imidazole rings is 1. The Kier molecular flexibility index (Phi) is 6.18. The summed E-state index contributed by atoms with van der Waals surface area (Å²) >= 11 is 1.61. The molecule has 1 aromatic carbocycles. The molecule has 1 fully saturated rings. The van der Waals surface area contributed by atoms with Gasteiger partial charge in [0, 0.05) is 49.2 Å². The number of piperazine rings is 1. The first kappa shape index (κ1) is 22.2. The van der Waals surface area contributed by atoms with Gasteiger partial charge in [0.2, 0.25) is 11.7 Å². The van der Waals surface area contributed by atoms with Crippen molar-refractivity contribution in [2.24, 2.45) is 0 Å². The molecule has 2 aliphatic heterocycles. The number of aromatic nitrogens is 4. The third-order valence-electron chi connectivity index (χ3n) is 6.87. The summed E-state index contributed by atoms with van der Waals surface area (Å²) in [6.45, 7) is 4.38. The van der Waals surface area contributed by atoms with Gasteiger partial charge < -0.3 is 14.0 Å². The van der Waals surface area contributed by atoms with Crippen LogP contribution in [0.25, 0.3) is 22.8 Å². The van der Waals surface area contributed by atoms with Gasteiger partial charge in [-0.25, -0.2) is 4.98 Å². The predicted molar refractivity (Wildman–Crippen MR) is 134 cm³/mol. The molecule has 4 aromatic rings. The molecule has 0 aliphatic carbocycles. The van der Waals surface area contributed by atoms with Gasteiger partial charge in [-0.1, -0.05) is 41.9 Å². The fourth-order valence-electron chi connectivity index (χ4n) is 4.98. The minimum Gasteiger partial charge on any atom is -0.338 e. The topological polar surface area (TPSA) is 80.3 Å². The Morgan fingerprint density at radius 1 is 0.943 bits per heavy atom. The number of rotatable bonds is 5. The predicted octanol–water partition coefficient (Wildman–Crippen LogP) is 4.35. The second kappa shape index (κ2) is 9.75. The first-order valence-corrected chi connectivity index (χ1v) is 13.2. The van der Waals surface area contributed by atoms with Crippen LogP contribution in [0.1, 0.15) is 41.3 Å². The molecule has 0 N–H and O–H groups in total. The highest BCUT2D eigenvalue weighted by Crippen LogP contribution is 2.28. The number of nitrogens with zero attached hydrogens (tertiary/aromatic N) is 6. The summed E-state index contributed by atoms with van der Waals surface area (Å²) in [6, 6.07) is 12.2. The highest BCUT2D eigenvalue weighted by atomic mass is 32.1. The molecule has 35 heavy (non-hydrogen) atoms. The SMILES string of the molecule is O=C(c1nc(-c2ccccc2)n2c1CCCCC2)N1CCN(Cc2nc(-c3ccsc3)no2)CC1. The maximum absolute atomic E-state index is 13.6. The summed E-state index contributed by atoms with van der Waals surface area (Å²) in [5, 5.41) is 8.12. The average molecular weight is 489 g/mol. The number of carbonyl (C=O) groups is 1. The minimum absolute atomic E-state index is 0.0509. The van der Waals surface area contributed by atoms with Gasteiger partial charge in [-0.05, 0) is 30.7 Å². The van der Waals surface area contributed by atoms with Crippen molar-refractivity contribution >= 4 is 17.2 Å². The minimum atomic E-state index is 0.0509. The first-order valence-electron chi connectivity index (χ1n) is 12.3. The van der Waals surface area contributed by atoms with Gasteiger partial charge in [0.1, 0.15) is 11.5 Å². The molecule has 1 saturated heterocycles. The Balaban J connectivity index is 1.15. The lowest BCUT2D eigenvalue weighted by atomic mass is 10.1. The lowest BCUT2D eigenvalue weighted by Crippen LogP contribution is -2.48. The fraction of sp³-hybridized carbons (Fsp3) is 0.385. The van der Waals surface area contributed by atoms with Crippen LogP contribution in [0.5, 0.6) is 0 Å².